The highest BCUT2D eigenvalue weighted by Crippen LogP contribution is 2.34. The van der Waals surface area contributed by atoms with Gasteiger partial charge in [0.05, 0.1) is 11.7 Å². The van der Waals surface area contributed by atoms with Gasteiger partial charge >= 0.3 is 0 Å². The molecular weight excluding hydrogens is 328 g/mol. The van der Waals surface area contributed by atoms with E-state index in [0.29, 0.717) is 12.8 Å². The lowest BCUT2D eigenvalue weighted by molar-refractivity contribution is 0.839. The fourth-order valence-electron chi connectivity index (χ4n) is 2.68. The zero-order valence-electron chi connectivity index (χ0n) is 14.4. The monoisotopic (exact) mass is 354 g/mol. The molecule has 2 aromatic carbocycles. The first-order valence-corrected chi connectivity index (χ1v) is 9.37. The van der Waals surface area contributed by atoms with E-state index < -0.39 is 0 Å². The lowest BCUT2D eigenvalue weighted by Gasteiger charge is -2.12. The molecule has 25 heavy (non-hydrogen) atoms. The minimum absolute atomic E-state index is 0.251. The highest BCUT2D eigenvalue weighted by Gasteiger charge is 2.08. The van der Waals surface area contributed by atoms with Gasteiger partial charge in [-0.15, -0.1) is 0 Å². The van der Waals surface area contributed by atoms with Gasteiger partial charge in [0.1, 0.15) is 0 Å². The van der Waals surface area contributed by atoms with Gasteiger partial charge < -0.3 is 11.5 Å². The van der Waals surface area contributed by atoms with Crippen LogP contribution in [0.25, 0.3) is 0 Å². The summed E-state index contributed by atoms with van der Waals surface area (Å²) in [5, 5.41) is 14.7. The molecule has 2 rings (SSSR count). The third-order valence-corrected chi connectivity index (χ3v) is 5.19. The SMILES string of the molecule is N=C(N)CCCc1ccccc1Sc1ccccc1CCCC(=N)N. The number of aryl methyl sites for hydroxylation is 2. The van der Waals surface area contributed by atoms with Crippen molar-refractivity contribution in [2.45, 2.75) is 48.3 Å². The Hall–Kier alpha value is -2.27. The smallest absolute Gasteiger partial charge is 0.0905 e. The van der Waals surface area contributed by atoms with Gasteiger partial charge in [-0.3, -0.25) is 10.8 Å². The fourth-order valence-corrected chi connectivity index (χ4v) is 3.81. The van der Waals surface area contributed by atoms with Gasteiger partial charge in [-0.05, 0) is 48.9 Å². The summed E-state index contributed by atoms with van der Waals surface area (Å²) in [6, 6.07) is 16.9. The number of hydrogen-bond acceptors (Lipinski definition) is 3. The van der Waals surface area contributed by atoms with Crippen LogP contribution in [0.3, 0.4) is 0 Å². The van der Waals surface area contributed by atoms with E-state index in [2.05, 4.69) is 48.5 Å². The van der Waals surface area contributed by atoms with Crippen molar-refractivity contribution < 1.29 is 0 Å². The standard InChI is InChI=1S/C20H26N4S/c21-19(22)13-5-9-15-7-1-3-11-17(15)25-18-12-4-2-8-16(18)10-6-14-20(23)24/h1-4,7-8,11-12H,5-6,9-10,13-14H2,(H3,21,22)(H3,23,24). The summed E-state index contributed by atoms with van der Waals surface area (Å²) in [7, 11) is 0. The minimum Gasteiger partial charge on any atom is -0.388 e. The zero-order valence-corrected chi connectivity index (χ0v) is 15.2. The molecule has 2 aromatic rings. The molecule has 0 saturated heterocycles. The topological polar surface area (TPSA) is 99.7 Å². The van der Waals surface area contributed by atoms with Gasteiger partial charge in [0.2, 0.25) is 0 Å². The van der Waals surface area contributed by atoms with E-state index in [-0.39, 0.29) is 11.7 Å². The predicted molar refractivity (Wildman–Crippen MR) is 107 cm³/mol. The van der Waals surface area contributed by atoms with Gasteiger partial charge in [0.25, 0.3) is 0 Å². The van der Waals surface area contributed by atoms with E-state index in [1.54, 1.807) is 11.8 Å². The van der Waals surface area contributed by atoms with Crippen LogP contribution in [0.5, 0.6) is 0 Å². The maximum absolute atomic E-state index is 7.36. The summed E-state index contributed by atoms with van der Waals surface area (Å²) in [6.07, 6.45) is 4.92. The fraction of sp³-hybridized carbons (Fsp3) is 0.300. The number of nitrogens with one attached hydrogen (secondary N) is 2. The number of rotatable bonds is 10. The molecule has 0 aliphatic rings. The van der Waals surface area contributed by atoms with Gasteiger partial charge in [-0.25, -0.2) is 0 Å². The van der Waals surface area contributed by atoms with E-state index in [9.17, 15) is 0 Å². The molecule has 0 aliphatic carbocycles. The van der Waals surface area contributed by atoms with E-state index >= 15 is 0 Å². The third-order valence-electron chi connectivity index (χ3n) is 3.95. The molecule has 0 amide bonds. The average molecular weight is 355 g/mol. The molecular formula is C20H26N4S. The second-order valence-electron chi connectivity index (χ2n) is 6.08. The Bertz CT molecular complexity index is 666. The lowest BCUT2D eigenvalue weighted by Crippen LogP contribution is -2.09. The molecule has 0 fully saturated rings. The molecule has 0 spiro atoms. The Morgan fingerprint density at radius 1 is 0.720 bits per heavy atom. The normalized spacial score (nSPS) is 10.6. The lowest BCUT2D eigenvalue weighted by atomic mass is 10.1. The van der Waals surface area contributed by atoms with Crippen molar-refractivity contribution in [3.05, 3.63) is 59.7 Å². The number of hydrogen-bond donors (Lipinski definition) is 4. The van der Waals surface area contributed by atoms with E-state index in [1.165, 1.54) is 20.9 Å². The molecule has 0 bridgehead atoms. The molecule has 0 aliphatic heterocycles. The van der Waals surface area contributed by atoms with Crippen LogP contribution in [-0.4, -0.2) is 11.7 Å². The minimum atomic E-state index is 0.251. The highest BCUT2D eigenvalue weighted by molar-refractivity contribution is 7.99. The van der Waals surface area contributed by atoms with Gasteiger partial charge in [-0.2, -0.15) is 0 Å². The number of amidine groups is 2. The maximum atomic E-state index is 7.36. The molecule has 0 saturated carbocycles. The molecule has 0 heterocycles. The summed E-state index contributed by atoms with van der Waals surface area (Å²) in [4.78, 5) is 2.51. The van der Waals surface area contributed by atoms with Crippen molar-refractivity contribution in [1.82, 2.24) is 0 Å². The van der Waals surface area contributed by atoms with Crippen LogP contribution in [-0.2, 0) is 12.8 Å². The Morgan fingerprint density at radius 3 is 1.52 bits per heavy atom. The highest BCUT2D eigenvalue weighted by atomic mass is 32.2. The second-order valence-corrected chi connectivity index (χ2v) is 7.16. The summed E-state index contributed by atoms with van der Waals surface area (Å²) >= 11 is 1.79. The van der Waals surface area contributed by atoms with Crippen molar-refractivity contribution in [2.24, 2.45) is 11.5 Å². The third kappa shape index (κ3) is 6.63. The van der Waals surface area contributed by atoms with Crippen molar-refractivity contribution in [3.8, 4) is 0 Å². The molecule has 6 N–H and O–H groups in total. The molecule has 5 heteroatoms. The van der Waals surface area contributed by atoms with Gasteiger partial charge in [0, 0.05) is 22.6 Å². The summed E-state index contributed by atoms with van der Waals surface area (Å²) in [5.74, 6) is 0.502. The first-order chi connectivity index (χ1) is 12.1. The summed E-state index contributed by atoms with van der Waals surface area (Å²) in [6.45, 7) is 0. The van der Waals surface area contributed by atoms with Crippen LogP contribution < -0.4 is 11.5 Å². The van der Waals surface area contributed by atoms with E-state index in [4.69, 9.17) is 22.3 Å². The van der Waals surface area contributed by atoms with Crippen molar-refractivity contribution in [1.29, 1.82) is 10.8 Å². The first kappa shape index (κ1) is 19.1. The van der Waals surface area contributed by atoms with Crippen LogP contribution >= 0.6 is 11.8 Å². The van der Waals surface area contributed by atoms with Gasteiger partial charge in [-0.1, -0.05) is 48.2 Å². The zero-order chi connectivity index (χ0) is 18.1. The number of benzene rings is 2. The Morgan fingerprint density at radius 2 is 1.12 bits per heavy atom. The number of nitrogens with two attached hydrogens (primary N) is 2. The van der Waals surface area contributed by atoms with Crippen LogP contribution in [0.2, 0.25) is 0 Å². The van der Waals surface area contributed by atoms with Crippen LogP contribution in [0.4, 0.5) is 0 Å². The van der Waals surface area contributed by atoms with Crippen LogP contribution in [0.15, 0.2) is 58.3 Å². The maximum Gasteiger partial charge on any atom is 0.0905 e. The Balaban J connectivity index is 2.09. The average Bonchev–Trinajstić information content (AvgIpc) is 2.57. The van der Waals surface area contributed by atoms with E-state index in [1.807, 2.05) is 0 Å². The van der Waals surface area contributed by atoms with E-state index in [0.717, 1.165) is 25.7 Å². The Labute approximate surface area is 154 Å². The molecule has 0 unspecified atom stereocenters. The molecule has 132 valence electrons. The van der Waals surface area contributed by atoms with Gasteiger partial charge in [0.15, 0.2) is 0 Å². The largest absolute Gasteiger partial charge is 0.388 e. The van der Waals surface area contributed by atoms with Crippen molar-refractivity contribution >= 4 is 23.4 Å². The molecule has 0 radical (unpaired) electrons. The summed E-state index contributed by atoms with van der Waals surface area (Å²) in [5.41, 5.74) is 13.5. The quantitative estimate of drug-likeness (QED) is 0.377. The molecule has 0 atom stereocenters. The molecule has 4 nitrogen and oxygen atoms in total. The Kier molecular flexibility index (Phi) is 7.54. The van der Waals surface area contributed by atoms with Crippen molar-refractivity contribution in [2.75, 3.05) is 0 Å². The van der Waals surface area contributed by atoms with Crippen LogP contribution in [0.1, 0.15) is 36.8 Å². The first-order valence-electron chi connectivity index (χ1n) is 8.55. The predicted octanol–water partition coefficient (Wildman–Crippen LogP) is 4.36. The summed E-state index contributed by atoms with van der Waals surface area (Å²) < 4.78 is 0. The molecule has 0 aromatic heterocycles. The van der Waals surface area contributed by atoms with Crippen molar-refractivity contribution in [3.63, 3.8) is 0 Å². The second kappa shape index (κ2) is 9.89. The van der Waals surface area contributed by atoms with Crippen LogP contribution in [0, 0.1) is 10.8 Å².